The fourth-order valence-corrected chi connectivity index (χ4v) is 3.51. The number of hydrogen-bond donors (Lipinski definition) is 1. The van der Waals surface area contributed by atoms with E-state index in [0.29, 0.717) is 5.76 Å². The van der Waals surface area contributed by atoms with Gasteiger partial charge in [0.2, 0.25) is 11.6 Å². The fourth-order valence-electron chi connectivity index (χ4n) is 3.51. The summed E-state index contributed by atoms with van der Waals surface area (Å²) in [5.74, 6) is -0.399. The number of nitrogens with one attached hydrogen (secondary N) is 1. The van der Waals surface area contributed by atoms with Crippen molar-refractivity contribution < 1.29 is 18.7 Å². The van der Waals surface area contributed by atoms with E-state index in [0.717, 1.165) is 25.7 Å². The van der Waals surface area contributed by atoms with Crippen LogP contribution in [0, 0.1) is 6.92 Å². The molecule has 8 heteroatoms. The van der Waals surface area contributed by atoms with Crippen molar-refractivity contribution in [2.45, 2.75) is 65.0 Å². The van der Waals surface area contributed by atoms with Gasteiger partial charge in [-0.2, -0.15) is 0 Å². The number of nitrogens with zero attached hydrogens (tertiary/aromatic N) is 2. The first-order chi connectivity index (χ1) is 13.0. The Morgan fingerprint density at radius 2 is 2.07 bits per heavy atom. The van der Waals surface area contributed by atoms with Gasteiger partial charge in [0, 0.05) is 19.0 Å². The van der Waals surface area contributed by atoms with E-state index in [1.807, 2.05) is 0 Å². The zero-order chi connectivity index (χ0) is 19.4. The van der Waals surface area contributed by atoms with Crippen LogP contribution in [-0.2, 0) is 16.1 Å². The van der Waals surface area contributed by atoms with Gasteiger partial charge < -0.3 is 14.5 Å². The number of carbonyl (C=O) groups is 2. The number of aryl methyl sites for hydroxylation is 2. The molecular weight excluding hydrogens is 350 g/mol. The fraction of sp³-hybridized carbons (Fsp3) is 0.579. The van der Waals surface area contributed by atoms with Crippen molar-refractivity contribution in [2.75, 3.05) is 6.61 Å². The van der Waals surface area contributed by atoms with Crippen LogP contribution in [0.1, 0.15) is 61.6 Å². The summed E-state index contributed by atoms with van der Waals surface area (Å²) in [7, 11) is 0. The number of esters is 1. The smallest absolute Gasteiger partial charge is 0.342 e. The van der Waals surface area contributed by atoms with Crippen LogP contribution in [0.15, 0.2) is 15.5 Å². The maximum atomic E-state index is 12.8. The summed E-state index contributed by atoms with van der Waals surface area (Å²) >= 11 is 0. The van der Waals surface area contributed by atoms with Gasteiger partial charge in [0.25, 0.3) is 5.56 Å². The number of amides is 1. The highest BCUT2D eigenvalue weighted by Crippen LogP contribution is 2.22. The molecule has 1 fully saturated rings. The quantitative estimate of drug-likeness (QED) is 0.777. The van der Waals surface area contributed by atoms with Crippen molar-refractivity contribution in [3.63, 3.8) is 0 Å². The second-order valence-corrected chi connectivity index (χ2v) is 6.83. The highest BCUT2D eigenvalue weighted by atomic mass is 16.5. The largest absolute Gasteiger partial charge is 0.462 e. The normalized spacial score (nSPS) is 15.0. The topological polar surface area (TPSA) is 103 Å². The number of aromatic nitrogens is 2. The lowest BCUT2D eigenvalue weighted by atomic mass is 9.95. The Kier molecular flexibility index (Phi) is 5.93. The SMILES string of the molecule is CCOC(=O)c1c(C)oc2ncn(CCC(=O)NC3CCCCC3)c(=O)c12. The van der Waals surface area contributed by atoms with E-state index >= 15 is 0 Å². The minimum absolute atomic E-state index is 0.0807. The van der Waals surface area contributed by atoms with Crippen LogP contribution in [0.2, 0.25) is 0 Å². The molecule has 3 rings (SSSR count). The van der Waals surface area contributed by atoms with Gasteiger partial charge in [-0.3, -0.25) is 14.2 Å². The van der Waals surface area contributed by atoms with Gasteiger partial charge in [0.15, 0.2) is 0 Å². The number of rotatable bonds is 6. The lowest BCUT2D eigenvalue weighted by molar-refractivity contribution is -0.122. The van der Waals surface area contributed by atoms with Crippen molar-refractivity contribution in [3.8, 4) is 0 Å². The second kappa shape index (κ2) is 8.37. The maximum absolute atomic E-state index is 12.8. The van der Waals surface area contributed by atoms with Gasteiger partial charge in [0.1, 0.15) is 23.0 Å². The highest BCUT2D eigenvalue weighted by molar-refractivity contribution is 6.03. The molecule has 1 saturated carbocycles. The summed E-state index contributed by atoms with van der Waals surface area (Å²) in [6.45, 7) is 3.67. The van der Waals surface area contributed by atoms with Gasteiger partial charge in [0.05, 0.1) is 6.61 Å². The average molecular weight is 375 g/mol. The summed E-state index contributed by atoms with van der Waals surface area (Å²) in [4.78, 5) is 41.3. The molecule has 0 saturated heterocycles. The van der Waals surface area contributed by atoms with Crippen LogP contribution in [-0.4, -0.2) is 34.1 Å². The third kappa shape index (κ3) is 4.20. The van der Waals surface area contributed by atoms with Crippen LogP contribution in [0.5, 0.6) is 0 Å². The van der Waals surface area contributed by atoms with Crippen molar-refractivity contribution in [3.05, 3.63) is 28.0 Å². The third-order valence-electron chi connectivity index (χ3n) is 4.88. The first kappa shape index (κ1) is 19.1. The lowest BCUT2D eigenvalue weighted by Gasteiger charge is -2.22. The van der Waals surface area contributed by atoms with Gasteiger partial charge in [-0.25, -0.2) is 9.78 Å². The molecule has 27 heavy (non-hydrogen) atoms. The highest BCUT2D eigenvalue weighted by Gasteiger charge is 2.24. The molecule has 0 atom stereocenters. The first-order valence-corrected chi connectivity index (χ1v) is 9.46. The lowest BCUT2D eigenvalue weighted by Crippen LogP contribution is -2.37. The molecule has 146 valence electrons. The number of ether oxygens (including phenoxy) is 1. The minimum Gasteiger partial charge on any atom is -0.462 e. The van der Waals surface area contributed by atoms with Gasteiger partial charge in [-0.15, -0.1) is 0 Å². The van der Waals surface area contributed by atoms with Gasteiger partial charge >= 0.3 is 5.97 Å². The molecule has 2 aromatic heterocycles. The van der Waals surface area contributed by atoms with E-state index in [9.17, 15) is 14.4 Å². The Labute approximate surface area is 156 Å². The second-order valence-electron chi connectivity index (χ2n) is 6.83. The van der Waals surface area contributed by atoms with E-state index in [1.54, 1.807) is 13.8 Å². The Bertz CT molecular complexity index is 893. The monoisotopic (exact) mass is 375 g/mol. The molecule has 0 aliphatic heterocycles. The van der Waals surface area contributed by atoms with Crippen molar-refractivity contribution in [1.29, 1.82) is 0 Å². The predicted molar refractivity (Wildman–Crippen MR) is 98.6 cm³/mol. The molecule has 1 amide bonds. The molecule has 8 nitrogen and oxygen atoms in total. The zero-order valence-corrected chi connectivity index (χ0v) is 15.7. The first-order valence-electron chi connectivity index (χ1n) is 9.46. The number of carbonyl (C=O) groups excluding carboxylic acids is 2. The van der Waals surface area contributed by atoms with Crippen molar-refractivity contribution in [2.24, 2.45) is 0 Å². The molecule has 0 radical (unpaired) electrons. The number of furan rings is 1. The summed E-state index contributed by atoms with van der Waals surface area (Å²) in [6.07, 6.45) is 7.04. The molecule has 1 aliphatic carbocycles. The summed E-state index contributed by atoms with van der Waals surface area (Å²) in [5.41, 5.74) is -0.209. The maximum Gasteiger partial charge on any atom is 0.342 e. The average Bonchev–Trinajstić information content (AvgIpc) is 2.99. The third-order valence-corrected chi connectivity index (χ3v) is 4.88. The van der Waals surface area contributed by atoms with Crippen LogP contribution < -0.4 is 10.9 Å². The van der Waals surface area contributed by atoms with Crippen molar-refractivity contribution >= 4 is 23.0 Å². The molecule has 0 unspecified atom stereocenters. The molecule has 1 N–H and O–H groups in total. The Morgan fingerprint density at radius 1 is 1.33 bits per heavy atom. The summed E-state index contributed by atoms with van der Waals surface area (Å²) in [6, 6.07) is 0.232. The van der Waals surface area contributed by atoms with Crippen LogP contribution >= 0.6 is 0 Å². The molecular formula is C19H25N3O5. The Balaban J connectivity index is 1.76. The standard InChI is InChI=1S/C19H25N3O5/c1-3-26-19(25)15-12(2)27-17-16(15)18(24)22(11-20-17)10-9-14(23)21-13-7-5-4-6-8-13/h11,13H,3-10H2,1-2H3,(H,21,23). The predicted octanol–water partition coefficient (Wildman–Crippen LogP) is 2.31. The van der Waals surface area contributed by atoms with E-state index < -0.39 is 11.5 Å². The number of hydrogen-bond acceptors (Lipinski definition) is 6. The van der Waals surface area contributed by atoms with Crippen LogP contribution in [0.4, 0.5) is 0 Å². The van der Waals surface area contributed by atoms with E-state index in [-0.39, 0.29) is 48.2 Å². The molecule has 2 heterocycles. The van der Waals surface area contributed by atoms with Gasteiger partial charge in [-0.05, 0) is 26.7 Å². The summed E-state index contributed by atoms with van der Waals surface area (Å²) < 4.78 is 11.8. The van der Waals surface area contributed by atoms with Crippen molar-refractivity contribution in [1.82, 2.24) is 14.9 Å². The molecule has 0 aromatic carbocycles. The number of fused-ring (bicyclic) bond motifs is 1. The minimum atomic E-state index is -0.611. The van der Waals surface area contributed by atoms with Gasteiger partial charge in [-0.1, -0.05) is 19.3 Å². The summed E-state index contributed by atoms with van der Waals surface area (Å²) in [5, 5.41) is 3.13. The van der Waals surface area contributed by atoms with Crippen LogP contribution in [0.3, 0.4) is 0 Å². The van der Waals surface area contributed by atoms with E-state index in [4.69, 9.17) is 9.15 Å². The molecule has 1 aliphatic rings. The van der Waals surface area contributed by atoms with Crippen LogP contribution in [0.25, 0.3) is 11.1 Å². The molecule has 2 aromatic rings. The van der Waals surface area contributed by atoms with E-state index in [2.05, 4.69) is 10.3 Å². The zero-order valence-electron chi connectivity index (χ0n) is 15.7. The Morgan fingerprint density at radius 3 is 2.78 bits per heavy atom. The molecule has 0 spiro atoms. The Hall–Kier alpha value is -2.64. The molecule has 0 bridgehead atoms. The van der Waals surface area contributed by atoms with E-state index in [1.165, 1.54) is 17.3 Å².